The van der Waals surface area contributed by atoms with Gasteiger partial charge in [0.15, 0.2) is 0 Å². The average molecular weight is 192 g/mol. The molecule has 78 valence electrons. The molecule has 2 nitrogen and oxygen atoms in total. The first-order valence-corrected chi connectivity index (χ1v) is 4.65. The van der Waals surface area contributed by atoms with Gasteiger partial charge >= 0.3 is 0 Å². The first-order chi connectivity index (χ1) is 5.78. The standard InChI is InChI=1S/C9H18F2N2/c1-7(2)13(3)5-4-8(12)6-9(8,10)11/h7H,4-6,12H2,1-3H3. The predicted molar refractivity (Wildman–Crippen MR) is 48.9 cm³/mol. The maximum atomic E-state index is 12.7. The lowest BCUT2D eigenvalue weighted by Crippen LogP contribution is -2.36. The Morgan fingerprint density at radius 3 is 2.23 bits per heavy atom. The van der Waals surface area contributed by atoms with Crippen LogP contribution in [-0.2, 0) is 0 Å². The second-order valence-corrected chi connectivity index (χ2v) is 4.36. The maximum Gasteiger partial charge on any atom is 0.267 e. The van der Waals surface area contributed by atoms with Crippen LogP contribution < -0.4 is 5.73 Å². The fourth-order valence-electron chi connectivity index (χ4n) is 1.26. The van der Waals surface area contributed by atoms with Crippen molar-refractivity contribution in [3.8, 4) is 0 Å². The van der Waals surface area contributed by atoms with Gasteiger partial charge in [0.05, 0.1) is 5.54 Å². The molecule has 0 heterocycles. The molecule has 0 aromatic heterocycles. The number of nitrogens with zero attached hydrogens (tertiary/aromatic N) is 1. The van der Waals surface area contributed by atoms with Gasteiger partial charge in [-0.1, -0.05) is 0 Å². The van der Waals surface area contributed by atoms with Crippen LogP contribution in [0.2, 0.25) is 0 Å². The number of alkyl halides is 2. The van der Waals surface area contributed by atoms with Crippen LogP contribution in [0.15, 0.2) is 0 Å². The first-order valence-electron chi connectivity index (χ1n) is 4.65. The number of hydrogen-bond donors (Lipinski definition) is 1. The Morgan fingerprint density at radius 1 is 1.46 bits per heavy atom. The minimum atomic E-state index is -2.62. The number of nitrogens with two attached hydrogens (primary N) is 1. The van der Waals surface area contributed by atoms with Crippen LogP contribution in [0.5, 0.6) is 0 Å². The van der Waals surface area contributed by atoms with Gasteiger partial charge in [0, 0.05) is 19.0 Å². The zero-order chi connectivity index (χ0) is 10.3. The monoisotopic (exact) mass is 192 g/mol. The molecule has 0 saturated heterocycles. The highest BCUT2D eigenvalue weighted by Crippen LogP contribution is 2.52. The minimum absolute atomic E-state index is 0.147. The van der Waals surface area contributed by atoms with Gasteiger partial charge in [-0.05, 0) is 27.3 Å². The lowest BCUT2D eigenvalue weighted by molar-refractivity contribution is 0.0832. The predicted octanol–water partition coefficient (Wildman–Crippen LogP) is 1.45. The van der Waals surface area contributed by atoms with Gasteiger partial charge in [-0.3, -0.25) is 0 Å². The molecule has 0 aromatic rings. The molecule has 1 fully saturated rings. The van der Waals surface area contributed by atoms with Crippen molar-refractivity contribution < 1.29 is 8.78 Å². The molecule has 1 aliphatic carbocycles. The quantitative estimate of drug-likeness (QED) is 0.730. The van der Waals surface area contributed by atoms with Crippen molar-refractivity contribution in [1.82, 2.24) is 4.90 Å². The summed E-state index contributed by atoms with van der Waals surface area (Å²) in [6.07, 6.45) is 0.237. The van der Waals surface area contributed by atoms with Crippen molar-refractivity contribution >= 4 is 0 Å². The van der Waals surface area contributed by atoms with Crippen LogP contribution in [0.3, 0.4) is 0 Å². The van der Waals surface area contributed by atoms with Crippen molar-refractivity contribution in [1.29, 1.82) is 0 Å². The molecule has 0 spiro atoms. The van der Waals surface area contributed by atoms with Gasteiger partial charge in [-0.2, -0.15) is 0 Å². The van der Waals surface area contributed by atoms with E-state index in [1.807, 2.05) is 25.8 Å². The summed E-state index contributed by atoms with van der Waals surface area (Å²) < 4.78 is 25.4. The van der Waals surface area contributed by atoms with Gasteiger partial charge in [0.1, 0.15) is 0 Å². The molecule has 0 aromatic carbocycles. The summed E-state index contributed by atoms with van der Waals surface area (Å²) in [5.74, 6) is -2.62. The fraction of sp³-hybridized carbons (Fsp3) is 1.00. The Bertz CT molecular complexity index is 194. The number of halogens is 2. The molecular weight excluding hydrogens is 174 g/mol. The molecule has 1 aliphatic rings. The molecule has 0 radical (unpaired) electrons. The molecule has 0 aliphatic heterocycles. The number of rotatable bonds is 4. The van der Waals surface area contributed by atoms with Gasteiger partial charge < -0.3 is 10.6 Å². The largest absolute Gasteiger partial charge is 0.320 e. The second kappa shape index (κ2) is 3.17. The average Bonchev–Trinajstić information content (AvgIpc) is 2.47. The van der Waals surface area contributed by atoms with Gasteiger partial charge in [-0.25, -0.2) is 8.78 Å². The van der Waals surface area contributed by atoms with Gasteiger partial charge in [-0.15, -0.1) is 0 Å². The van der Waals surface area contributed by atoms with Crippen LogP contribution in [-0.4, -0.2) is 36.0 Å². The van der Waals surface area contributed by atoms with E-state index in [2.05, 4.69) is 0 Å². The first kappa shape index (κ1) is 10.9. The summed E-state index contributed by atoms with van der Waals surface area (Å²) in [6, 6.07) is 0.385. The summed E-state index contributed by atoms with van der Waals surface area (Å²) in [4.78, 5) is 2.03. The second-order valence-electron chi connectivity index (χ2n) is 4.36. The molecule has 13 heavy (non-hydrogen) atoms. The zero-order valence-corrected chi connectivity index (χ0v) is 8.48. The van der Waals surface area contributed by atoms with E-state index in [1.165, 1.54) is 0 Å². The normalized spacial score (nSPS) is 31.4. The highest BCUT2D eigenvalue weighted by atomic mass is 19.3. The molecule has 1 saturated carbocycles. The molecule has 0 amide bonds. The Balaban J connectivity index is 2.29. The van der Waals surface area contributed by atoms with E-state index >= 15 is 0 Å². The molecule has 1 rings (SSSR count). The van der Waals surface area contributed by atoms with Crippen LogP contribution in [0.25, 0.3) is 0 Å². The lowest BCUT2D eigenvalue weighted by atomic mass is 10.1. The molecule has 2 N–H and O–H groups in total. The van der Waals surface area contributed by atoms with Gasteiger partial charge in [0.25, 0.3) is 5.92 Å². The van der Waals surface area contributed by atoms with Crippen molar-refractivity contribution in [3.05, 3.63) is 0 Å². The Morgan fingerprint density at radius 2 is 1.92 bits per heavy atom. The lowest BCUT2D eigenvalue weighted by Gasteiger charge is -2.22. The van der Waals surface area contributed by atoms with E-state index in [-0.39, 0.29) is 6.42 Å². The van der Waals surface area contributed by atoms with E-state index in [9.17, 15) is 8.78 Å². The van der Waals surface area contributed by atoms with E-state index in [0.29, 0.717) is 19.0 Å². The topological polar surface area (TPSA) is 29.3 Å². The zero-order valence-electron chi connectivity index (χ0n) is 8.48. The highest BCUT2D eigenvalue weighted by molar-refractivity contribution is 5.15. The third-order valence-corrected chi connectivity index (χ3v) is 2.93. The molecule has 1 unspecified atom stereocenters. The summed E-state index contributed by atoms with van der Waals surface area (Å²) in [7, 11) is 1.93. The maximum absolute atomic E-state index is 12.7. The molecule has 1 atom stereocenters. The van der Waals surface area contributed by atoms with Crippen molar-refractivity contribution in [2.45, 2.75) is 44.2 Å². The van der Waals surface area contributed by atoms with Gasteiger partial charge in [0.2, 0.25) is 0 Å². The smallest absolute Gasteiger partial charge is 0.267 e. The Labute approximate surface area is 78.1 Å². The summed E-state index contributed by atoms with van der Waals surface area (Å²) in [5.41, 5.74) is 4.28. The summed E-state index contributed by atoms with van der Waals surface area (Å²) >= 11 is 0. The van der Waals surface area contributed by atoms with Crippen molar-refractivity contribution in [2.24, 2.45) is 5.73 Å². The van der Waals surface area contributed by atoms with Crippen LogP contribution in [0.1, 0.15) is 26.7 Å². The fourth-order valence-corrected chi connectivity index (χ4v) is 1.26. The molecule has 0 bridgehead atoms. The van der Waals surface area contributed by atoms with E-state index in [0.717, 1.165) is 0 Å². The van der Waals surface area contributed by atoms with E-state index in [4.69, 9.17) is 5.73 Å². The van der Waals surface area contributed by atoms with Crippen LogP contribution in [0.4, 0.5) is 8.78 Å². The van der Waals surface area contributed by atoms with Crippen LogP contribution in [0, 0.1) is 0 Å². The van der Waals surface area contributed by atoms with Crippen molar-refractivity contribution in [2.75, 3.05) is 13.6 Å². The highest BCUT2D eigenvalue weighted by Gasteiger charge is 2.68. The Kier molecular flexibility index (Phi) is 2.65. The van der Waals surface area contributed by atoms with E-state index < -0.39 is 11.5 Å². The number of hydrogen-bond acceptors (Lipinski definition) is 2. The minimum Gasteiger partial charge on any atom is -0.320 e. The van der Waals surface area contributed by atoms with Crippen LogP contribution >= 0.6 is 0 Å². The third-order valence-electron chi connectivity index (χ3n) is 2.93. The molecular formula is C9H18F2N2. The Hall–Kier alpha value is -0.220. The summed E-state index contributed by atoms with van der Waals surface area (Å²) in [5, 5.41) is 0. The van der Waals surface area contributed by atoms with E-state index in [1.54, 1.807) is 0 Å². The molecule has 4 heteroatoms. The third kappa shape index (κ3) is 2.17. The van der Waals surface area contributed by atoms with Crippen molar-refractivity contribution in [3.63, 3.8) is 0 Å². The summed E-state index contributed by atoms with van der Waals surface area (Å²) in [6.45, 7) is 4.71. The SMILES string of the molecule is CC(C)N(C)CCC1(N)CC1(F)F.